The SMILES string of the molecule is CNCC(C)CN1CCC(C)C1=O. The van der Waals surface area contributed by atoms with Crippen molar-refractivity contribution in [2.45, 2.75) is 20.3 Å². The van der Waals surface area contributed by atoms with Crippen molar-refractivity contribution in [2.75, 3.05) is 26.7 Å². The molecule has 0 bridgehead atoms. The predicted octanol–water partition coefficient (Wildman–Crippen LogP) is 0.710. The van der Waals surface area contributed by atoms with Crippen molar-refractivity contribution < 1.29 is 4.79 Å². The molecule has 1 saturated heterocycles. The van der Waals surface area contributed by atoms with Crippen LogP contribution in [0.25, 0.3) is 0 Å². The minimum Gasteiger partial charge on any atom is -0.342 e. The van der Waals surface area contributed by atoms with Gasteiger partial charge in [-0.05, 0) is 25.9 Å². The average molecular weight is 184 g/mol. The number of nitrogens with zero attached hydrogens (tertiary/aromatic N) is 1. The molecule has 13 heavy (non-hydrogen) atoms. The number of carbonyl (C=O) groups is 1. The van der Waals surface area contributed by atoms with Crippen LogP contribution in [0.5, 0.6) is 0 Å². The van der Waals surface area contributed by atoms with Crippen LogP contribution in [0.2, 0.25) is 0 Å². The van der Waals surface area contributed by atoms with Crippen LogP contribution in [-0.4, -0.2) is 37.5 Å². The summed E-state index contributed by atoms with van der Waals surface area (Å²) in [6.07, 6.45) is 1.03. The van der Waals surface area contributed by atoms with Gasteiger partial charge in [-0.1, -0.05) is 13.8 Å². The van der Waals surface area contributed by atoms with Crippen LogP contribution in [0.3, 0.4) is 0 Å². The van der Waals surface area contributed by atoms with Crippen molar-refractivity contribution in [1.82, 2.24) is 10.2 Å². The molecule has 1 N–H and O–H groups in total. The van der Waals surface area contributed by atoms with Gasteiger partial charge >= 0.3 is 0 Å². The molecule has 2 unspecified atom stereocenters. The topological polar surface area (TPSA) is 32.3 Å². The number of rotatable bonds is 4. The van der Waals surface area contributed by atoms with E-state index >= 15 is 0 Å². The molecule has 1 aliphatic heterocycles. The second-order valence-corrected chi connectivity index (χ2v) is 4.14. The molecule has 1 aliphatic rings. The molecule has 2 atom stereocenters. The lowest BCUT2D eigenvalue weighted by atomic mass is 10.1. The summed E-state index contributed by atoms with van der Waals surface area (Å²) in [7, 11) is 1.95. The summed E-state index contributed by atoms with van der Waals surface area (Å²) < 4.78 is 0. The third kappa shape index (κ3) is 2.69. The van der Waals surface area contributed by atoms with E-state index in [4.69, 9.17) is 0 Å². The molecule has 0 aromatic rings. The minimum atomic E-state index is 0.252. The number of hydrogen-bond donors (Lipinski definition) is 1. The standard InChI is InChI=1S/C10H20N2O/c1-8(6-11-3)7-12-5-4-9(2)10(12)13/h8-9,11H,4-7H2,1-3H3. The van der Waals surface area contributed by atoms with Crippen molar-refractivity contribution >= 4 is 5.91 Å². The number of likely N-dealkylation sites (tertiary alicyclic amines) is 1. The van der Waals surface area contributed by atoms with E-state index < -0.39 is 0 Å². The molecule has 3 nitrogen and oxygen atoms in total. The third-order valence-corrected chi connectivity index (χ3v) is 2.65. The van der Waals surface area contributed by atoms with Gasteiger partial charge in [0.25, 0.3) is 0 Å². The molecule has 0 radical (unpaired) electrons. The Morgan fingerprint density at radius 1 is 1.69 bits per heavy atom. The first-order valence-corrected chi connectivity index (χ1v) is 5.08. The summed E-state index contributed by atoms with van der Waals surface area (Å²) >= 11 is 0. The van der Waals surface area contributed by atoms with Gasteiger partial charge in [-0.2, -0.15) is 0 Å². The molecule has 1 heterocycles. The van der Waals surface area contributed by atoms with E-state index in [1.165, 1.54) is 0 Å². The van der Waals surface area contributed by atoms with Gasteiger partial charge in [-0.25, -0.2) is 0 Å². The van der Waals surface area contributed by atoms with Gasteiger partial charge < -0.3 is 10.2 Å². The molecule has 1 fully saturated rings. The van der Waals surface area contributed by atoms with Crippen LogP contribution < -0.4 is 5.32 Å². The van der Waals surface area contributed by atoms with E-state index in [2.05, 4.69) is 12.2 Å². The molecule has 0 aromatic carbocycles. The average Bonchev–Trinajstić information content (AvgIpc) is 2.37. The van der Waals surface area contributed by atoms with E-state index in [0.29, 0.717) is 11.8 Å². The van der Waals surface area contributed by atoms with E-state index in [9.17, 15) is 4.79 Å². The Balaban J connectivity index is 2.33. The fourth-order valence-electron chi connectivity index (χ4n) is 1.87. The number of hydrogen-bond acceptors (Lipinski definition) is 2. The molecular formula is C10H20N2O. The van der Waals surface area contributed by atoms with Crippen molar-refractivity contribution in [1.29, 1.82) is 0 Å². The first-order chi connectivity index (χ1) is 6.15. The summed E-state index contributed by atoms with van der Waals surface area (Å²) in [6, 6.07) is 0. The van der Waals surface area contributed by atoms with Gasteiger partial charge in [0.05, 0.1) is 0 Å². The zero-order valence-electron chi connectivity index (χ0n) is 8.84. The summed E-state index contributed by atoms with van der Waals surface area (Å²) in [4.78, 5) is 13.5. The van der Waals surface area contributed by atoms with Crippen LogP contribution >= 0.6 is 0 Å². The van der Waals surface area contributed by atoms with Gasteiger partial charge in [0.1, 0.15) is 0 Å². The van der Waals surface area contributed by atoms with Crippen LogP contribution in [0.4, 0.5) is 0 Å². The van der Waals surface area contributed by atoms with Gasteiger partial charge in [0, 0.05) is 19.0 Å². The smallest absolute Gasteiger partial charge is 0.225 e. The number of amides is 1. The highest BCUT2D eigenvalue weighted by atomic mass is 16.2. The molecule has 0 saturated carbocycles. The molecule has 0 spiro atoms. The van der Waals surface area contributed by atoms with E-state index in [1.54, 1.807) is 0 Å². The molecular weight excluding hydrogens is 164 g/mol. The summed E-state index contributed by atoms with van der Waals surface area (Å²) in [5.74, 6) is 1.14. The van der Waals surface area contributed by atoms with Crippen LogP contribution in [-0.2, 0) is 4.79 Å². The maximum absolute atomic E-state index is 11.6. The van der Waals surface area contributed by atoms with Gasteiger partial charge in [-0.3, -0.25) is 4.79 Å². The Labute approximate surface area is 80.5 Å². The van der Waals surface area contributed by atoms with Crippen LogP contribution in [0, 0.1) is 11.8 Å². The number of carbonyl (C=O) groups excluding carboxylic acids is 1. The molecule has 0 aromatic heterocycles. The predicted molar refractivity (Wildman–Crippen MR) is 53.5 cm³/mol. The fraction of sp³-hybridized carbons (Fsp3) is 0.900. The Hall–Kier alpha value is -0.570. The lowest BCUT2D eigenvalue weighted by Gasteiger charge is -2.20. The fourth-order valence-corrected chi connectivity index (χ4v) is 1.87. The lowest BCUT2D eigenvalue weighted by Crippen LogP contribution is -2.34. The van der Waals surface area contributed by atoms with Crippen molar-refractivity contribution in [3.05, 3.63) is 0 Å². The van der Waals surface area contributed by atoms with Gasteiger partial charge in [-0.15, -0.1) is 0 Å². The normalized spacial score (nSPS) is 25.3. The molecule has 1 rings (SSSR count). The Kier molecular flexibility index (Phi) is 3.72. The number of nitrogens with one attached hydrogen (secondary N) is 1. The monoisotopic (exact) mass is 184 g/mol. The van der Waals surface area contributed by atoms with Gasteiger partial charge in [0.2, 0.25) is 5.91 Å². The van der Waals surface area contributed by atoms with Crippen molar-refractivity contribution in [3.8, 4) is 0 Å². The minimum absolute atomic E-state index is 0.252. The van der Waals surface area contributed by atoms with Gasteiger partial charge in [0.15, 0.2) is 0 Å². The second-order valence-electron chi connectivity index (χ2n) is 4.14. The first kappa shape index (κ1) is 10.5. The zero-order chi connectivity index (χ0) is 9.84. The second kappa shape index (κ2) is 4.61. The quantitative estimate of drug-likeness (QED) is 0.698. The summed E-state index contributed by atoms with van der Waals surface area (Å²) in [6.45, 7) is 7.04. The largest absolute Gasteiger partial charge is 0.342 e. The van der Waals surface area contributed by atoms with Crippen LogP contribution in [0.1, 0.15) is 20.3 Å². The highest BCUT2D eigenvalue weighted by Gasteiger charge is 2.28. The molecule has 1 amide bonds. The highest BCUT2D eigenvalue weighted by Crippen LogP contribution is 2.17. The first-order valence-electron chi connectivity index (χ1n) is 5.08. The van der Waals surface area contributed by atoms with E-state index in [1.807, 2.05) is 18.9 Å². The van der Waals surface area contributed by atoms with E-state index in [0.717, 1.165) is 26.1 Å². The van der Waals surface area contributed by atoms with Crippen molar-refractivity contribution in [2.24, 2.45) is 11.8 Å². The third-order valence-electron chi connectivity index (χ3n) is 2.65. The maximum atomic E-state index is 11.6. The van der Waals surface area contributed by atoms with Crippen LogP contribution in [0.15, 0.2) is 0 Å². The zero-order valence-corrected chi connectivity index (χ0v) is 8.84. The molecule has 76 valence electrons. The molecule has 3 heteroatoms. The Bertz CT molecular complexity index is 182. The highest BCUT2D eigenvalue weighted by molar-refractivity contribution is 5.80. The molecule has 0 aliphatic carbocycles. The van der Waals surface area contributed by atoms with Crippen molar-refractivity contribution in [3.63, 3.8) is 0 Å². The lowest BCUT2D eigenvalue weighted by molar-refractivity contribution is -0.131. The maximum Gasteiger partial charge on any atom is 0.225 e. The Morgan fingerprint density at radius 2 is 2.38 bits per heavy atom. The van der Waals surface area contributed by atoms with E-state index in [-0.39, 0.29) is 5.92 Å². The Morgan fingerprint density at radius 3 is 2.85 bits per heavy atom. The summed E-state index contributed by atoms with van der Waals surface area (Å²) in [5.41, 5.74) is 0. The summed E-state index contributed by atoms with van der Waals surface area (Å²) in [5, 5.41) is 3.13.